The third-order valence-corrected chi connectivity index (χ3v) is 3.34. The highest BCUT2D eigenvalue weighted by molar-refractivity contribution is 5.89. The lowest BCUT2D eigenvalue weighted by Crippen LogP contribution is -2.06. The van der Waals surface area contributed by atoms with Crippen molar-refractivity contribution in [3.05, 3.63) is 69.0 Å². The highest BCUT2D eigenvalue weighted by Crippen LogP contribution is 2.22. The van der Waals surface area contributed by atoms with Crippen LogP contribution in [0, 0.1) is 22.9 Å². The van der Waals surface area contributed by atoms with Crippen LogP contribution >= 0.6 is 0 Å². The number of hydrogen-bond acceptors (Lipinski definition) is 5. The average Bonchev–Trinajstić information content (AvgIpc) is 2.53. The Bertz CT molecular complexity index is 762. The first-order chi connectivity index (χ1) is 10.9. The Morgan fingerprint density at radius 3 is 2.65 bits per heavy atom. The van der Waals surface area contributed by atoms with E-state index in [0.29, 0.717) is 16.8 Å². The van der Waals surface area contributed by atoms with Crippen molar-refractivity contribution in [2.75, 3.05) is 12.4 Å². The molecule has 2 aromatic carbocycles. The second-order valence-electron chi connectivity index (χ2n) is 4.91. The van der Waals surface area contributed by atoms with Gasteiger partial charge in [0.1, 0.15) is 5.82 Å². The summed E-state index contributed by atoms with van der Waals surface area (Å²) in [5.74, 6) is -0.999. The van der Waals surface area contributed by atoms with Crippen LogP contribution in [-0.2, 0) is 11.3 Å². The molecule has 2 aromatic rings. The van der Waals surface area contributed by atoms with Crippen LogP contribution in [0.1, 0.15) is 21.5 Å². The van der Waals surface area contributed by atoms with Crippen LogP contribution in [0.15, 0.2) is 36.4 Å². The lowest BCUT2D eigenvalue weighted by molar-refractivity contribution is -0.385. The van der Waals surface area contributed by atoms with Crippen molar-refractivity contribution in [3.8, 4) is 0 Å². The summed E-state index contributed by atoms with van der Waals surface area (Å²) in [5, 5.41) is 13.8. The SMILES string of the molecule is COC(=O)c1ccc(F)c(CNc2ccc([N+](=O)[O-])c(C)c2)c1. The third kappa shape index (κ3) is 3.82. The van der Waals surface area contributed by atoms with Crippen LogP contribution in [0.2, 0.25) is 0 Å². The molecule has 0 saturated carbocycles. The van der Waals surface area contributed by atoms with Gasteiger partial charge in [-0.05, 0) is 37.3 Å². The first kappa shape index (κ1) is 16.4. The van der Waals surface area contributed by atoms with Crippen molar-refractivity contribution < 1.29 is 18.8 Å². The smallest absolute Gasteiger partial charge is 0.337 e. The summed E-state index contributed by atoms with van der Waals surface area (Å²) in [6.07, 6.45) is 0. The van der Waals surface area contributed by atoms with Gasteiger partial charge >= 0.3 is 5.97 Å². The molecule has 0 radical (unpaired) electrons. The number of anilines is 1. The van der Waals surface area contributed by atoms with Gasteiger partial charge in [0.25, 0.3) is 5.69 Å². The Morgan fingerprint density at radius 2 is 2.04 bits per heavy atom. The minimum Gasteiger partial charge on any atom is -0.465 e. The molecule has 0 spiro atoms. The van der Waals surface area contributed by atoms with Crippen molar-refractivity contribution in [2.24, 2.45) is 0 Å². The molecule has 0 aliphatic carbocycles. The van der Waals surface area contributed by atoms with Crippen LogP contribution in [0.25, 0.3) is 0 Å². The molecule has 0 aliphatic heterocycles. The second-order valence-corrected chi connectivity index (χ2v) is 4.91. The van der Waals surface area contributed by atoms with E-state index in [1.165, 1.54) is 31.4 Å². The summed E-state index contributed by atoms with van der Waals surface area (Å²) >= 11 is 0. The minimum absolute atomic E-state index is 0.0226. The lowest BCUT2D eigenvalue weighted by Gasteiger charge is -2.09. The highest BCUT2D eigenvalue weighted by atomic mass is 19.1. The molecule has 0 heterocycles. The quantitative estimate of drug-likeness (QED) is 0.519. The van der Waals surface area contributed by atoms with Crippen LogP contribution in [0.4, 0.5) is 15.8 Å². The molecule has 0 unspecified atom stereocenters. The van der Waals surface area contributed by atoms with Gasteiger partial charge in [0.05, 0.1) is 17.6 Å². The number of benzene rings is 2. The topological polar surface area (TPSA) is 81.5 Å². The summed E-state index contributed by atoms with van der Waals surface area (Å²) in [5.41, 5.74) is 1.70. The van der Waals surface area contributed by atoms with Crippen molar-refractivity contribution in [1.29, 1.82) is 0 Å². The molecular weight excluding hydrogens is 303 g/mol. The fourth-order valence-corrected chi connectivity index (χ4v) is 2.12. The van der Waals surface area contributed by atoms with Gasteiger partial charge < -0.3 is 10.1 Å². The number of nitro groups is 1. The Hall–Kier alpha value is -2.96. The minimum atomic E-state index is -0.544. The zero-order valence-electron chi connectivity index (χ0n) is 12.6. The van der Waals surface area contributed by atoms with E-state index in [2.05, 4.69) is 10.1 Å². The number of ether oxygens (including phenoxy) is 1. The van der Waals surface area contributed by atoms with E-state index in [1.54, 1.807) is 19.1 Å². The molecule has 23 heavy (non-hydrogen) atoms. The van der Waals surface area contributed by atoms with Gasteiger partial charge in [0.2, 0.25) is 0 Å². The number of hydrogen-bond donors (Lipinski definition) is 1. The molecule has 0 bridgehead atoms. The molecule has 0 atom stereocenters. The molecular formula is C16H15FN2O4. The maximum Gasteiger partial charge on any atom is 0.337 e. The molecule has 0 amide bonds. The van der Waals surface area contributed by atoms with E-state index in [0.717, 1.165) is 0 Å². The Morgan fingerprint density at radius 1 is 1.30 bits per heavy atom. The molecule has 0 saturated heterocycles. The lowest BCUT2D eigenvalue weighted by atomic mass is 10.1. The number of rotatable bonds is 5. The van der Waals surface area contributed by atoms with Gasteiger partial charge in [-0.2, -0.15) is 0 Å². The Labute approximate surface area is 132 Å². The maximum absolute atomic E-state index is 13.8. The first-order valence-electron chi connectivity index (χ1n) is 6.78. The monoisotopic (exact) mass is 318 g/mol. The molecule has 120 valence electrons. The number of nitro benzene ring substituents is 1. The van der Waals surface area contributed by atoms with E-state index < -0.39 is 16.7 Å². The molecule has 0 fully saturated rings. The normalized spacial score (nSPS) is 10.2. The zero-order valence-corrected chi connectivity index (χ0v) is 12.6. The zero-order chi connectivity index (χ0) is 17.0. The predicted octanol–water partition coefficient (Wildman–Crippen LogP) is 3.44. The van der Waals surface area contributed by atoms with Gasteiger partial charge in [-0.3, -0.25) is 10.1 Å². The van der Waals surface area contributed by atoms with Crippen LogP contribution in [0.5, 0.6) is 0 Å². The van der Waals surface area contributed by atoms with Crippen LogP contribution in [0.3, 0.4) is 0 Å². The molecule has 7 heteroatoms. The number of methoxy groups -OCH3 is 1. The average molecular weight is 318 g/mol. The van der Waals surface area contributed by atoms with Gasteiger partial charge in [0.15, 0.2) is 0 Å². The summed E-state index contributed by atoms with van der Waals surface area (Å²) in [7, 11) is 1.25. The molecule has 6 nitrogen and oxygen atoms in total. The Kier molecular flexibility index (Phi) is 4.90. The van der Waals surface area contributed by atoms with E-state index in [9.17, 15) is 19.3 Å². The third-order valence-electron chi connectivity index (χ3n) is 3.34. The summed E-state index contributed by atoms with van der Waals surface area (Å²) in [6.45, 7) is 1.76. The summed E-state index contributed by atoms with van der Waals surface area (Å²) in [6, 6.07) is 8.50. The van der Waals surface area contributed by atoms with Crippen LogP contribution < -0.4 is 5.32 Å². The maximum atomic E-state index is 13.8. The van der Waals surface area contributed by atoms with Gasteiger partial charge in [-0.15, -0.1) is 0 Å². The number of carbonyl (C=O) groups excluding carboxylic acids is 1. The number of carbonyl (C=O) groups is 1. The Balaban J connectivity index is 2.16. The van der Waals surface area contributed by atoms with Crippen molar-refractivity contribution in [1.82, 2.24) is 0 Å². The first-order valence-corrected chi connectivity index (χ1v) is 6.78. The van der Waals surface area contributed by atoms with E-state index in [1.807, 2.05) is 0 Å². The standard InChI is InChI=1S/C16H15FN2O4/c1-10-7-13(4-6-15(10)19(21)22)18-9-12-8-11(16(20)23-2)3-5-14(12)17/h3-8,18H,9H2,1-2H3. The van der Waals surface area contributed by atoms with Gasteiger partial charge in [0, 0.05) is 29.4 Å². The number of nitrogens with one attached hydrogen (secondary N) is 1. The van der Waals surface area contributed by atoms with Gasteiger partial charge in [-0.1, -0.05) is 0 Å². The molecule has 0 aliphatic rings. The van der Waals surface area contributed by atoms with Crippen molar-refractivity contribution in [3.63, 3.8) is 0 Å². The van der Waals surface area contributed by atoms with Crippen molar-refractivity contribution >= 4 is 17.3 Å². The highest BCUT2D eigenvalue weighted by Gasteiger charge is 2.12. The predicted molar refractivity (Wildman–Crippen MR) is 82.9 cm³/mol. The molecule has 0 aromatic heterocycles. The molecule has 2 rings (SSSR count). The van der Waals surface area contributed by atoms with E-state index in [-0.39, 0.29) is 17.8 Å². The number of nitrogens with zero attached hydrogens (tertiary/aromatic N) is 1. The van der Waals surface area contributed by atoms with Crippen molar-refractivity contribution in [2.45, 2.75) is 13.5 Å². The number of halogens is 1. The fourth-order valence-electron chi connectivity index (χ4n) is 2.12. The largest absolute Gasteiger partial charge is 0.465 e. The van der Waals surface area contributed by atoms with E-state index in [4.69, 9.17) is 0 Å². The number of aryl methyl sites for hydroxylation is 1. The second kappa shape index (κ2) is 6.87. The fraction of sp³-hybridized carbons (Fsp3) is 0.188. The van der Waals surface area contributed by atoms with Gasteiger partial charge in [-0.25, -0.2) is 9.18 Å². The summed E-state index contributed by atoms with van der Waals surface area (Å²) < 4.78 is 18.4. The van der Waals surface area contributed by atoms with E-state index >= 15 is 0 Å². The molecule has 1 N–H and O–H groups in total. The number of esters is 1. The summed E-state index contributed by atoms with van der Waals surface area (Å²) in [4.78, 5) is 21.8. The van der Waals surface area contributed by atoms with Crippen LogP contribution in [-0.4, -0.2) is 18.0 Å².